The van der Waals surface area contributed by atoms with Crippen molar-refractivity contribution in [2.24, 2.45) is 0 Å². The lowest BCUT2D eigenvalue weighted by Gasteiger charge is -2.33. The van der Waals surface area contributed by atoms with Crippen LogP contribution in [0.1, 0.15) is 24.1 Å². The average molecular weight is 466 g/mol. The summed E-state index contributed by atoms with van der Waals surface area (Å²) < 4.78 is 53.1. The van der Waals surface area contributed by atoms with Crippen LogP contribution in [0.5, 0.6) is 11.5 Å². The first-order valence-corrected chi connectivity index (χ1v) is 11.0. The molecule has 0 saturated carbocycles. The van der Waals surface area contributed by atoms with E-state index in [9.17, 15) is 18.0 Å². The van der Waals surface area contributed by atoms with E-state index in [-0.39, 0.29) is 29.3 Å². The Balaban J connectivity index is 1.84. The molecular weight excluding hydrogens is 443 g/mol. The third-order valence-electron chi connectivity index (χ3n) is 4.84. The molecule has 0 radical (unpaired) electrons. The quantitative estimate of drug-likeness (QED) is 0.676. The Morgan fingerprint density at radius 1 is 1.28 bits per heavy atom. The predicted octanol–water partition coefficient (Wildman–Crippen LogP) is 2.84. The van der Waals surface area contributed by atoms with Gasteiger partial charge in [0.25, 0.3) is 10.2 Å². The molecule has 1 aliphatic rings. The van der Waals surface area contributed by atoms with Gasteiger partial charge in [0.05, 0.1) is 18.3 Å². The lowest BCUT2D eigenvalue weighted by atomic mass is 10.0. The van der Waals surface area contributed by atoms with E-state index >= 15 is 4.39 Å². The number of fused-ring (bicyclic) bond motifs is 1. The molecule has 2 aromatic carbocycles. The number of halogens is 1. The molecule has 0 bridgehead atoms. The SMILES string of the molecule is CNS(=O)(=O)Nc1cccc(C(C)N2Cc3ccc(OC(=O)N(C)C)cc3OC2=O)c1F. The summed E-state index contributed by atoms with van der Waals surface area (Å²) in [5.74, 6) is -0.353. The van der Waals surface area contributed by atoms with E-state index < -0.39 is 34.3 Å². The van der Waals surface area contributed by atoms with Gasteiger partial charge in [0.2, 0.25) is 0 Å². The van der Waals surface area contributed by atoms with Crippen molar-refractivity contribution in [3.63, 3.8) is 0 Å². The number of rotatable bonds is 6. The largest absolute Gasteiger partial charge is 0.416 e. The summed E-state index contributed by atoms with van der Waals surface area (Å²) in [6, 6.07) is 8.11. The summed E-state index contributed by atoms with van der Waals surface area (Å²) in [6.07, 6.45) is -1.30. The molecule has 0 spiro atoms. The summed E-state index contributed by atoms with van der Waals surface area (Å²) in [4.78, 5) is 26.9. The Morgan fingerprint density at radius 2 is 2.00 bits per heavy atom. The number of nitrogens with zero attached hydrogens (tertiary/aromatic N) is 2. The van der Waals surface area contributed by atoms with E-state index in [1.807, 2.05) is 4.72 Å². The van der Waals surface area contributed by atoms with Crippen LogP contribution in [0, 0.1) is 5.82 Å². The molecule has 0 aromatic heterocycles. The van der Waals surface area contributed by atoms with Crippen molar-refractivity contribution in [2.45, 2.75) is 19.5 Å². The number of hydrogen-bond donors (Lipinski definition) is 2. The van der Waals surface area contributed by atoms with Gasteiger partial charge in [-0.1, -0.05) is 12.1 Å². The Labute approximate surface area is 185 Å². The van der Waals surface area contributed by atoms with Crippen LogP contribution in [0.4, 0.5) is 19.7 Å². The Hall–Kier alpha value is -3.38. The first-order chi connectivity index (χ1) is 15.0. The van der Waals surface area contributed by atoms with Gasteiger partial charge >= 0.3 is 12.2 Å². The second-order valence-corrected chi connectivity index (χ2v) is 8.84. The smallest absolute Gasteiger partial charge is 0.410 e. The normalized spacial score (nSPS) is 14.3. The van der Waals surface area contributed by atoms with Crippen molar-refractivity contribution in [3.05, 3.63) is 53.3 Å². The minimum Gasteiger partial charge on any atom is -0.410 e. The minimum atomic E-state index is -3.92. The number of hydrogen-bond acceptors (Lipinski definition) is 6. The molecule has 10 nitrogen and oxygen atoms in total. The van der Waals surface area contributed by atoms with Crippen LogP contribution < -0.4 is 18.9 Å². The predicted molar refractivity (Wildman–Crippen MR) is 114 cm³/mol. The molecule has 1 heterocycles. The van der Waals surface area contributed by atoms with Gasteiger partial charge in [0, 0.05) is 38.3 Å². The first-order valence-electron chi connectivity index (χ1n) is 9.52. The molecule has 2 amide bonds. The highest BCUT2D eigenvalue weighted by Crippen LogP contribution is 2.35. The molecule has 1 unspecified atom stereocenters. The zero-order valence-corrected chi connectivity index (χ0v) is 18.7. The second kappa shape index (κ2) is 9.01. The average Bonchev–Trinajstić information content (AvgIpc) is 2.74. The third kappa shape index (κ3) is 4.92. The maximum Gasteiger partial charge on any atom is 0.416 e. The van der Waals surface area contributed by atoms with Crippen LogP contribution in [0.3, 0.4) is 0 Å². The monoisotopic (exact) mass is 466 g/mol. The van der Waals surface area contributed by atoms with Crippen LogP contribution in [-0.4, -0.2) is 51.5 Å². The summed E-state index contributed by atoms with van der Waals surface area (Å²) in [6.45, 7) is 1.72. The molecule has 1 aliphatic heterocycles. The highest BCUT2D eigenvalue weighted by molar-refractivity contribution is 7.90. The lowest BCUT2D eigenvalue weighted by Crippen LogP contribution is -2.39. The molecule has 2 N–H and O–H groups in total. The van der Waals surface area contributed by atoms with Crippen LogP contribution in [-0.2, 0) is 16.8 Å². The molecule has 1 atom stereocenters. The van der Waals surface area contributed by atoms with Crippen molar-refractivity contribution < 1.29 is 31.9 Å². The van der Waals surface area contributed by atoms with E-state index in [4.69, 9.17) is 9.47 Å². The molecule has 3 rings (SSSR count). The number of carbonyl (C=O) groups excluding carboxylic acids is 2. The Kier molecular flexibility index (Phi) is 6.55. The summed E-state index contributed by atoms with van der Waals surface area (Å²) in [5.41, 5.74) is 0.494. The molecule has 2 aromatic rings. The first kappa shape index (κ1) is 23.3. The fourth-order valence-corrected chi connectivity index (χ4v) is 3.58. The van der Waals surface area contributed by atoms with Gasteiger partial charge in [-0.25, -0.2) is 18.7 Å². The van der Waals surface area contributed by atoms with E-state index in [0.29, 0.717) is 5.56 Å². The van der Waals surface area contributed by atoms with E-state index in [0.717, 1.165) is 0 Å². The summed E-state index contributed by atoms with van der Waals surface area (Å²) >= 11 is 0. The van der Waals surface area contributed by atoms with Gasteiger partial charge < -0.3 is 14.4 Å². The molecule has 0 fully saturated rings. The lowest BCUT2D eigenvalue weighted by molar-refractivity contribution is 0.118. The number of ether oxygens (including phenoxy) is 2. The zero-order valence-electron chi connectivity index (χ0n) is 17.9. The van der Waals surface area contributed by atoms with Crippen LogP contribution in [0.25, 0.3) is 0 Å². The van der Waals surface area contributed by atoms with Crippen molar-refractivity contribution in [1.29, 1.82) is 0 Å². The third-order valence-corrected chi connectivity index (χ3v) is 5.87. The molecule has 172 valence electrons. The number of anilines is 1. The van der Waals surface area contributed by atoms with Gasteiger partial charge in [-0.2, -0.15) is 8.42 Å². The fraction of sp³-hybridized carbons (Fsp3) is 0.300. The maximum absolute atomic E-state index is 15.0. The fourth-order valence-electron chi connectivity index (χ4n) is 3.03. The molecule has 32 heavy (non-hydrogen) atoms. The van der Waals surface area contributed by atoms with Gasteiger partial charge in [0.15, 0.2) is 5.82 Å². The van der Waals surface area contributed by atoms with Gasteiger partial charge in [-0.3, -0.25) is 9.62 Å². The highest BCUT2D eigenvalue weighted by Gasteiger charge is 2.32. The second-order valence-electron chi connectivity index (χ2n) is 7.22. The van der Waals surface area contributed by atoms with Crippen molar-refractivity contribution in [2.75, 3.05) is 25.9 Å². The molecule has 12 heteroatoms. The highest BCUT2D eigenvalue weighted by atomic mass is 32.2. The summed E-state index contributed by atoms with van der Waals surface area (Å²) in [7, 11) is 0.359. The van der Waals surface area contributed by atoms with Gasteiger partial charge in [0.1, 0.15) is 11.5 Å². The number of amides is 2. The minimum absolute atomic E-state index is 0.109. The van der Waals surface area contributed by atoms with Crippen molar-refractivity contribution >= 4 is 28.1 Å². The van der Waals surface area contributed by atoms with Crippen LogP contribution in [0.2, 0.25) is 0 Å². The van der Waals surface area contributed by atoms with E-state index in [1.54, 1.807) is 19.1 Å². The Morgan fingerprint density at radius 3 is 2.66 bits per heavy atom. The van der Waals surface area contributed by atoms with E-state index in [1.165, 1.54) is 55.2 Å². The maximum atomic E-state index is 15.0. The van der Waals surface area contributed by atoms with Gasteiger partial charge in [-0.15, -0.1) is 0 Å². The molecule has 0 aliphatic carbocycles. The topological polar surface area (TPSA) is 117 Å². The number of benzene rings is 2. The molecular formula is C20H23FN4O6S. The van der Waals surface area contributed by atoms with Crippen LogP contribution >= 0.6 is 0 Å². The van der Waals surface area contributed by atoms with Crippen molar-refractivity contribution in [3.8, 4) is 11.5 Å². The van der Waals surface area contributed by atoms with E-state index in [2.05, 4.69) is 4.72 Å². The Bertz CT molecular complexity index is 1150. The zero-order chi connectivity index (χ0) is 23.6. The van der Waals surface area contributed by atoms with Crippen LogP contribution in [0.15, 0.2) is 36.4 Å². The summed E-state index contributed by atoms with van der Waals surface area (Å²) in [5, 5.41) is 0. The number of nitrogens with one attached hydrogen (secondary N) is 2. The molecule has 0 saturated heterocycles. The van der Waals surface area contributed by atoms with Gasteiger partial charge in [-0.05, 0) is 25.1 Å². The standard InChI is InChI=1S/C20H23FN4O6S/c1-12(15-6-5-7-16(18(15)21)23-32(28,29)22-2)25-11-13-8-9-14(30-19(26)24(3)4)10-17(13)31-20(25)27/h5-10,12,22-23H,11H2,1-4H3. The van der Waals surface area contributed by atoms with Crippen molar-refractivity contribution in [1.82, 2.24) is 14.5 Å². The number of carbonyl (C=O) groups is 2.